The molecule has 7 nitrogen and oxygen atoms in total. The second-order valence-electron chi connectivity index (χ2n) is 6.91. The van der Waals surface area contributed by atoms with Crippen molar-refractivity contribution in [2.75, 3.05) is 18.1 Å². The number of carbonyl (C=O) groups is 1. The highest BCUT2D eigenvalue weighted by Gasteiger charge is 2.33. The molecule has 1 aliphatic heterocycles. The van der Waals surface area contributed by atoms with Gasteiger partial charge in [0.15, 0.2) is 5.82 Å². The molecule has 1 amide bonds. The first kappa shape index (κ1) is 19.9. The van der Waals surface area contributed by atoms with Crippen molar-refractivity contribution in [3.63, 3.8) is 0 Å². The first-order chi connectivity index (χ1) is 15.0. The summed E-state index contributed by atoms with van der Waals surface area (Å²) in [4.78, 5) is 33.0. The molecule has 9 heteroatoms. The highest BCUT2D eigenvalue weighted by molar-refractivity contribution is 9.10. The van der Waals surface area contributed by atoms with Gasteiger partial charge in [0.2, 0.25) is 4.96 Å². The van der Waals surface area contributed by atoms with Crippen molar-refractivity contribution in [2.45, 2.75) is 13.8 Å². The summed E-state index contributed by atoms with van der Waals surface area (Å²) in [6.45, 7) is 4.95. The van der Waals surface area contributed by atoms with E-state index >= 15 is 0 Å². The number of amides is 1. The highest BCUT2D eigenvalue weighted by atomic mass is 79.9. The minimum absolute atomic E-state index is 0.177. The molecule has 3 heterocycles. The summed E-state index contributed by atoms with van der Waals surface area (Å²) in [6.07, 6.45) is 0. The third-order valence-corrected chi connectivity index (χ3v) is 6.62. The number of thiazole rings is 1. The molecule has 0 saturated carbocycles. The maximum absolute atomic E-state index is 13.2. The molecule has 0 atom stereocenters. The van der Waals surface area contributed by atoms with Gasteiger partial charge in [-0.05, 0) is 56.3 Å². The Labute approximate surface area is 189 Å². The molecule has 0 fully saturated rings. The number of hydrogen-bond acceptors (Lipinski definition) is 6. The first-order valence-electron chi connectivity index (χ1n) is 9.80. The maximum Gasteiger partial charge on any atom is 0.291 e. The molecule has 0 N–H and O–H groups in total. The van der Waals surface area contributed by atoms with Crippen molar-refractivity contribution in [2.24, 2.45) is 0 Å². The highest BCUT2D eigenvalue weighted by Crippen LogP contribution is 2.37. The number of hydrogen-bond donors (Lipinski definition) is 0. The fourth-order valence-electron chi connectivity index (χ4n) is 3.71. The van der Waals surface area contributed by atoms with Gasteiger partial charge in [0.1, 0.15) is 10.3 Å². The predicted molar refractivity (Wildman–Crippen MR) is 124 cm³/mol. The molecule has 2 aromatic heterocycles. The minimum atomic E-state index is -0.336. The molecule has 2 aromatic carbocycles. The van der Waals surface area contributed by atoms with E-state index in [2.05, 4.69) is 26.0 Å². The van der Waals surface area contributed by atoms with Gasteiger partial charge in [-0.1, -0.05) is 27.3 Å². The van der Waals surface area contributed by atoms with Crippen LogP contribution in [-0.2, 0) is 4.79 Å². The lowest BCUT2D eigenvalue weighted by atomic mass is 10.1. The van der Waals surface area contributed by atoms with Crippen LogP contribution in [0, 0.1) is 0 Å². The van der Waals surface area contributed by atoms with Gasteiger partial charge >= 0.3 is 0 Å². The van der Waals surface area contributed by atoms with Crippen LogP contribution >= 0.6 is 27.3 Å². The Morgan fingerprint density at radius 1 is 1.10 bits per heavy atom. The number of halogens is 1. The zero-order valence-electron chi connectivity index (χ0n) is 16.8. The molecule has 0 unspecified atom stereocenters. The van der Waals surface area contributed by atoms with E-state index in [1.54, 1.807) is 4.90 Å². The van der Waals surface area contributed by atoms with Gasteiger partial charge in [0.05, 0.1) is 17.9 Å². The number of anilines is 1. The van der Waals surface area contributed by atoms with E-state index in [9.17, 15) is 9.59 Å². The second kappa shape index (κ2) is 7.58. The lowest BCUT2D eigenvalue weighted by molar-refractivity contribution is -0.113. The van der Waals surface area contributed by atoms with Crippen molar-refractivity contribution < 1.29 is 9.53 Å². The number of ether oxygens (including phenoxy) is 1. The largest absolute Gasteiger partial charge is 0.494 e. The van der Waals surface area contributed by atoms with E-state index < -0.39 is 0 Å². The van der Waals surface area contributed by atoms with Crippen LogP contribution in [0.1, 0.15) is 19.4 Å². The number of rotatable bonds is 4. The van der Waals surface area contributed by atoms with Gasteiger partial charge in [-0.3, -0.25) is 9.59 Å². The first-order valence-corrected chi connectivity index (χ1v) is 11.4. The average molecular weight is 497 g/mol. The van der Waals surface area contributed by atoms with Gasteiger partial charge < -0.3 is 9.64 Å². The summed E-state index contributed by atoms with van der Waals surface area (Å²) in [7, 11) is 0. The second-order valence-corrected chi connectivity index (χ2v) is 8.80. The maximum atomic E-state index is 13.2. The van der Waals surface area contributed by atoms with E-state index in [0.717, 1.165) is 27.0 Å². The van der Waals surface area contributed by atoms with Crippen LogP contribution in [0.25, 0.3) is 21.9 Å². The minimum Gasteiger partial charge on any atom is -0.494 e. The Morgan fingerprint density at radius 3 is 2.55 bits per heavy atom. The van der Waals surface area contributed by atoms with Crippen molar-refractivity contribution in [3.8, 4) is 17.1 Å². The van der Waals surface area contributed by atoms with Gasteiger partial charge in [0.25, 0.3) is 11.5 Å². The van der Waals surface area contributed by atoms with Gasteiger partial charge in [-0.2, -0.15) is 9.50 Å². The summed E-state index contributed by atoms with van der Waals surface area (Å²) in [5.74, 6) is 1.04. The van der Waals surface area contributed by atoms with E-state index in [4.69, 9.17) is 4.74 Å². The van der Waals surface area contributed by atoms with Crippen LogP contribution in [-0.4, -0.2) is 33.7 Å². The summed E-state index contributed by atoms with van der Waals surface area (Å²) in [5, 5.41) is 4.40. The molecule has 5 rings (SSSR count). The smallest absolute Gasteiger partial charge is 0.291 e. The zero-order chi connectivity index (χ0) is 21.7. The van der Waals surface area contributed by atoms with Gasteiger partial charge in [-0.25, -0.2) is 0 Å². The monoisotopic (exact) mass is 496 g/mol. The molecular weight excluding hydrogens is 480 g/mol. The summed E-state index contributed by atoms with van der Waals surface area (Å²) in [5.41, 5.74) is 2.41. The fourth-order valence-corrected chi connectivity index (χ4v) is 5.07. The third-order valence-electron chi connectivity index (χ3n) is 5.10. The SMILES string of the molecule is CCOc1ccc(-c2nc3sc(=C4C(=O)N(CC)c5ccc(Br)cc54)c(=O)n3n2)cc1. The van der Waals surface area contributed by atoms with E-state index in [1.807, 2.05) is 56.3 Å². The lowest BCUT2D eigenvalue weighted by Gasteiger charge is -2.13. The molecule has 4 aromatic rings. The molecular formula is C22H17BrN4O3S. The number of benzene rings is 2. The van der Waals surface area contributed by atoms with E-state index in [1.165, 1.54) is 15.9 Å². The molecule has 0 saturated heterocycles. The van der Waals surface area contributed by atoms with Crippen LogP contribution < -0.4 is 19.7 Å². The number of likely N-dealkylation sites (N-methyl/N-ethyl adjacent to an activating group) is 1. The van der Waals surface area contributed by atoms with Crippen LogP contribution in [0.2, 0.25) is 0 Å². The van der Waals surface area contributed by atoms with E-state index in [0.29, 0.717) is 34.0 Å². The number of fused-ring (bicyclic) bond motifs is 2. The summed E-state index contributed by atoms with van der Waals surface area (Å²) in [6, 6.07) is 13.1. The Bertz CT molecular complexity index is 1440. The molecule has 0 spiro atoms. The Morgan fingerprint density at radius 2 is 1.87 bits per heavy atom. The molecule has 0 aliphatic carbocycles. The van der Waals surface area contributed by atoms with Crippen LogP contribution in [0.5, 0.6) is 5.75 Å². The Balaban J connectivity index is 1.66. The van der Waals surface area contributed by atoms with Crippen molar-refractivity contribution in [1.82, 2.24) is 14.6 Å². The van der Waals surface area contributed by atoms with Gasteiger partial charge in [-0.15, -0.1) is 5.10 Å². The van der Waals surface area contributed by atoms with Crippen molar-refractivity contribution in [3.05, 3.63) is 67.4 Å². The number of carbonyl (C=O) groups excluding carboxylic acids is 1. The van der Waals surface area contributed by atoms with Crippen molar-refractivity contribution in [1.29, 1.82) is 0 Å². The molecule has 1 aliphatic rings. The normalized spacial score (nSPS) is 15.1. The average Bonchev–Trinajstić information content (AvgIpc) is 3.39. The molecule has 156 valence electrons. The van der Waals surface area contributed by atoms with Crippen LogP contribution in [0.3, 0.4) is 0 Å². The van der Waals surface area contributed by atoms with E-state index in [-0.39, 0.29) is 11.5 Å². The number of nitrogens with zero attached hydrogens (tertiary/aromatic N) is 4. The zero-order valence-corrected chi connectivity index (χ0v) is 19.2. The van der Waals surface area contributed by atoms with Crippen LogP contribution in [0.15, 0.2) is 51.7 Å². The lowest BCUT2D eigenvalue weighted by Crippen LogP contribution is -2.32. The predicted octanol–water partition coefficient (Wildman–Crippen LogP) is 3.26. The van der Waals surface area contributed by atoms with Gasteiger partial charge in [0, 0.05) is 22.1 Å². The topological polar surface area (TPSA) is 76.8 Å². The van der Waals surface area contributed by atoms with Crippen LogP contribution in [0.4, 0.5) is 5.69 Å². The Kier molecular flexibility index (Phi) is 4.86. The molecule has 31 heavy (non-hydrogen) atoms. The number of aromatic nitrogens is 3. The Hall–Kier alpha value is -3.04. The standard InChI is InChI=1S/C22H17BrN4O3S/c1-3-26-16-10-7-13(23)11-15(16)17(20(26)28)18-21(29)27-22(31-18)24-19(25-27)12-5-8-14(9-6-12)30-4-2/h5-11H,3-4H2,1-2H3. The summed E-state index contributed by atoms with van der Waals surface area (Å²) >= 11 is 4.65. The third kappa shape index (κ3) is 3.16. The molecule has 0 bridgehead atoms. The van der Waals surface area contributed by atoms with Crippen molar-refractivity contribution >= 4 is 49.4 Å². The fraction of sp³-hybridized carbons (Fsp3) is 0.182. The summed E-state index contributed by atoms with van der Waals surface area (Å²) < 4.78 is 7.94. The molecule has 0 radical (unpaired) electrons. The quantitative estimate of drug-likeness (QED) is 0.433.